The van der Waals surface area contributed by atoms with Crippen LogP contribution in [0.2, 0.25) is 0 Å². The van der Waals surface area contributed by atoms with Gasteiger partial charge in [-0.2, -0.15) is 0 Å². The van der Waals surface area contributed by atoms with Crippen LogP contribution in [-0.2, 0) is 0 Å². The van der Waals surface area contributed by atoms with Gasteiger partial charge in [0.05, 0.1) is 12.8 Å². The predicted molar refractivity (Wildman–Crippen MR) is 113 cm³/mol. The molecular weight excluding hydrogens is 336 g/mol. The van der Waals surface area contributed by atoms with Gasteiger partial charge in [0, 0.05) is 41.7 Å². The zero-order valence-corrected chi connectivity index (χ0v) is 17.0. The Morgan fingerprint density at radius 1 is 1.30 bits per heavy atom. The highest BCUT2D eigenvalue weighted by atomic mass is 16.5. The Morgan fingerprint density at radius 2 is 2.07 bits per heavy atom. The smallest absolute Gasteiger partial charge is 0.129 e. The van der Waals surface area contributed by atoms with Crippen LogP contribution in [0.15, 0.2) is 41.4 Å². The first-order chi connectivity index (χ1) is 12.9. The molecule has 0 fully saturated rings. The fourth-order valence-corrected chi connectivity index (χ4v) is 4.17. The third-order valence-corrected chi connectivity index (χ3v) is 5.37. The number of methoxy groups -OCH3 is 1. The SMILES string of the molecule is CCCN1c2cc(OC)c(C=Nc3cccc(O)c3)cc2C(C)CC1(C)C. The largest absolute Gasteiger partial charge is 0.508 e. The average Bonchev–Trinajstić information content (AvgIpc) is 2.62. The van der Waals surface area contributed by atoms with Crippen LogP contribution in [-0.4, -0.2) is 30.5 Å². The van der Waals surface area contributed by atoms with Crippen molar-refractivity contribution in [3.63, 3.8) is 0 Å². The van der Waals surface area contributed by atoms with Gasteiger partial charge in [-0.25, -0.2) is 0 Å². The topological polar surface area (TPSA) is 45.1 Å². The van der Waals surface area contributed by atoms with E-state index in [0.29, 0.717) is 5.92 Å². The second-order valence-electron chi connectivity index (χ2n) is 8.00. The van der Waals surface area contributed by atoms with Crippen molar-refractivity contribution in [3.8, 4) is 11.5 Å². The summed E-state index contributed by atoms with van der Waals surface area (Å²) in [6.45, 7) is 10.2. The van der Waals surface area contributed by atoms with Crippen LogP contribution in [0.3, 0.4) is 0 Å². The zero-order valence-electron chi connectivity index (χ0n) is 17.0. The second kappa shape index (κ2) is 7.63. The first-order valence-electron chi connectivity index (χ1n) is 9.68. The van der Waals surface area contributed by atoms with Crippen LogP contribution in [0.5, 0.6) is 11.5 Å². The van der Waals surface area contributed by atoms with Crippen molar-refractivity contribution in [1.82, 2.24) is 0 Å². The summed E-state index contributed by atoms with van der Waals surface area (Å²) < 4.78 is 5.69. The van der Waals surface area contributed by atoms with Gasteiger partial charge in [-0.3, -0.25) is 4.99 Å². The van der Waals surface area contributed by atoms with Gasteiger partial charge in [0.25, 0.3) is 0 Å². The molecule has 0 aromatic heterocycles. The van der Waals surface area contributed by atoms with Gasteiger partial charge in [-0.1, -0.05) is 19.9 Å². The van der Waals surface area contributed by atoms with Crippen molar-refractivity contribution in [3.05, 3.63) is 47.5 Å². The van der Waals surface area contributed by atoms with Gasteiger partial charge in [0.1, 0.15) is 11.5 Å². The third-order valence-electron chi connectivity index (χ3n) is 5.37. The van der Waals surface area contributed by atoms with Crippen molar-refractivity contribution in [1.29, 1.82) is 0 Å². The maximum atomic E-state index is 9.63. The molecule has 1 atom stereocenters. The van der Waals surface area contributed by atoms with Crippen LogP contribution in [0.4, 0.5) is 11.4 Å². The summed E-state index contributed by atoms with van der Waals surface area (Å²) in [5.41, 5.74) is 4.43. The molecule has 0 spiro atoms. The lowest BCUT2D eigenvalue weighted by atomic mass is 9.79. The number of hydrogen-bond donors (Lipinski definition) is 1. The maximum absolute atomic E-state index is 9.63. The fourth-order valence-electron chi connectivity index (χ4n) is 4.17. The molecule has 2 aromatic carbocycles. The number of rotatable bonds is 5. The molecule has 27 heavy (non-hydrogen) atoms. The lowest BCUT2D eigenvalue weighted by Crippen LogP contribution is -2.48. The number of ether oxygens (including phenoxy) is 1. The van der Waals surface area contributed by atoms with Crippen LogP contribution in [0.1, 0.15) is 57.6 Å². The molecule has 1 unspecified atom stereocenters. The second-order valence-corrected chi connectivity index (χ2v) is 8.00. The summed E-state index contributed by atoms with van der Waals surface area (Å²) in [5, 5.41) is 9.63. The molecule has 1 heterocycles. The van der Waals surface area contributed by atoms with E-state index in [1.165, 1.54) is 11.3 Å². The molecule has 2 aromatic rings. The summed E-state index contributed by atoms with van der Waals surface area (Å²) in [7, 11) is 1.70. The molecule has 1 N–H and O–H groups in total. The van der Waals surface area contributed by atoms with E-state index in [-0.39, 0.29) is 11.3 Å². The minimum atomic E-state index is 0.130. The first-order valence-corrected chi connectivity index (χ1v) is 9.68. The highest BCUT2D eigenvalue weighted by Crippen LogP contribution is 2.45. The summed E-state index contributed by atoms with van der Waals surface area (Å²) in [4.78, 5) is 7.04. The van der Waals surface area contributed by atoms with Crippen LogP contribution < -0.4 is 9.64 Å². The number of phenols is 1. The Kier molecular flexibility index (Phi) is 5.45. The molecule has 3 rings (SSSR count). The summed E-state index contributed by atoms with van der Waals surface area (Å²) >= 11 is 0. The number of nitrogens with zero attached hydrogens (tertiary/aromatic N) is 2. The monoisotopic (exact) mass is 366 g/mol. The van der Waals surface area contributed by atoms with E-state index in [1.807, 2.05) is 12.3 Å². The Balaban J connectivity index is 2.04. The van der Waals surface area contributed by atoms with E-state index in [0.717, 1.165) is 36.4 Å². The van der Waals surface area contributed by atoms with E-state index in [9.17, 15) is 5.11 Å². The fraction of sp³-hybridized carbons (Fsp3) is 0.435. The highest BCUT2D eigenvalue weighted by molar-refractivity contribution is 5.88. The molecule has 0 saturated heterocycles. The summed E-state index contributed by atoms with van der Waals surface area (Å²) in [6, 6.07) is 11.3. The van der Waals surface area contributed by atoms with Crippen molar-refractivity contribution in [2.75, 3.05) is 18.6 Å². The third kappa shape index (κ3) is 3.95. The number of fused-ring (bicyclic) bond motifs is 1. The molecule has 4 nitrogen and oxygen atoms in total. The predicted octanol–water partition coefficient (Wildman–Crippen LogP) is 5.65. The highest BCUT2D eigenvalue weighted by Gasteiger charge is 2.36. The van der Waals surface area contributed by atoms with Gasteiger partial charge in [-0.15, -0.1) is 0 Å². The number of hydrogen-bond acceptors (Lipinski definition) is 4. The number of anilines is 1. The number of aliphatic imine (C=N–C) groups is 1. The molecule has 1 aliphatic heterocycles. The van der Waals surface area contributed by atoms with Crippen LogP contribution in [0, 0.1) is 0 Å². The first kappa shape index (κ1) is 19.3. The summed E-state index contributed by atoms with van der Waals surface area (Å²) in [5.74, 6) is 1.51. The zero-order chi connectivity index (χ0) is 19.6. The molecular formula is C23H30N2O2. The number of phenolic OH excluding ortho intramolecular Hbond substituents is 1. The molecule has 4 heteroatoms. The van der Waals surface area contributed by atoms with E-state index in [1.54, 1.807) is 25.3 Å². The van der Waals surface area contributed by atoms with Gasteiger partial charge in [0.2, 0.25) is 0 Å². The molecule has 0 saturated carbocycles. The van der Waals surface area contributed by atoms with Crippen molar-refractivity contribution >= 4 is 17.6 Å². The standard InChI is InChI=1S/C23H30N2O2/c1-6-10-25-21-13-22(27-5)17(11-20(21)16(2)14-23(25,3)4)15-24-18-8-7-9-19(26)12-18/h7-9,11-13,15-16,26H,6,10,14H2,1-5H3. The molecule has 144 valence electrons. The van der Waals surface area contributed by atoms with Crippen molar-refractivity contribution in [2.24, 2.45) is 4.99 Å². The van der Waals surface area contributed by atoms with E-state index >= 15 is 0 Å². The van der Waals surface area contributed by atoms with E-state index < -0.39 is 0 Å². The lowest BCUT2D eigenvalue weighted by molar-refractivity contribution is 0.372. The van der Waals surface area contributed by atoms with Gasteiger partial charge in [-0.05, 0) is 56.4 Å². The van der Waals surface area contributed by atoms with Crippen LogP contribution >= 0.6 is 0 Å². The average molecular weight is 367 g/mol. The Bertz CT molecular complexity index is 842. The number of benzene rings is 2. The molecule has 0 radical (unpaired) electrons. The van der Waals surface area contributed by atoms with E-state index in [4.69, 9.17) is 4.74 Å². The molecule has 1 aliphatic rings. The molecule has 0 amide bonds. The Morgan fingerprint density at radius 3 is 2.74 bits per heavy atom. The normalized spacial score (nSPS) is 18.6. The van der Waals surface area contributed by atoms with Crippen LogP contribution in [0.25, 0.3) is 0 Å². The quantitative estimate of drug-likeness (QED) is 0.695. The maximum Gasteiger partial charge on any atom is 0.129 e. The molecule has 0 aliphatic carbocycles. The van der Waals surface area contributed by atoms with Gasteiger partial charge >= 0.3 is 0 Å². The molecule has 0 bridgehead atoms. The van der Waals surface area contributed by atoms with Crippen molar-refractivity contribution < 1.29 is 9.84 Å². The van der Waals surface area contributed by atoms with E-state index in [2.05, 4.69) is 49.7 Å². The lowest BCUT2D eigenvalue weighted by Gasteiger charge is -2.47. The minimum absolute atomic E-state index is 0.130. The van der Waals surface area contributed by atoms with Gasteiger partial charge < -0.3 is 14.7 Å². The minimum Gasteiger partial charge on any atom is -0.508 e. The Labute approximate surface area is 162 Å². The van der Waals surface area contributed by atoms with Gasteiger partial charge in [0.15, 0.2) is 0 Å². The van der Waals surface area contributed by atoms with Crippen molar-refractivity contribution in [2.45, 2.75) is 52.0 Å². The summed E-state index contributed by atoms with van der Waals surface area (Å²) in [6.07, 6.45) is 4.06. The Hall–Kier alpha value is -2.49. The number of aromatic hydroxyl groups is 1.